The van der Waals surface area contributed by atoms with Crippen LogP contribution in [0.5, 0.6) is 0 Å². The molecule has 0 saturated carbocycles. The van der Waals surface area contributed by atoms with E-state index in [0.29, 0.717) is 0 Å². The second-order valence-corrected chi connectivity index (χ2v) is 6.69. The molecule has 1 aromatic carbocycles. The molecule has 2 heterocycles. The molecule has 20 heavy (non-hydrogen) atoms. The van der Waals surface area contributed by atoms with Crippen LogP contribution < -0.4 is 11.3 Å². The smallest absolute Gasteiger partial charge is 0.0484 e. The van der Waals surface area contributed by atoms with Gasteiger partial charge in [-0.15, -0.1) is 0 Å². The molecule has 0 aliphatic carbocycles. The molecule has 3 N–H and O–H groups in total. The minimum absolute atomic E-state index is 0.196. The number of rotatable bonds is 4. The fourth-order valence-electron chi connectivity index (χ4n) is 3.02. The highest BCUT2D eigenvalue weighted by molar-refractivity contribution is 7.99. The number of fused-ring (bicyclic) bond motifs is 1. The molecule has 1 aromatic heterocycles. The Morgan fingerprint density at radius 1 is 1.25 bits per heavy atom. The molecule has 1 aliphatic rings. The number of hydrazine groups is 1. The summed E-state index contributed by atoms with van der Waals surface area (Å²) in [5, 5.41) is 2.44. The second-order valence-electron chi connectivity index (χ2n) is 5.46. The van der Waals surface area contributed by atoms with Crippen molar-refractivity contribution >= 4 is 22.5 Å². The van der Waals surface area contributed by atoms with Gasteiger partial charge in [0.25, 0.3) is 0 Å². The van der Waals surface area contributed by atoms with Gasteiger partial charge in [-0.1, -0.05) is 24.3 Å². The van der Waals surface area contributed by atoms with Crippen molar-refractivity contribution in [1.29, 1.82) is 0 Å². The van der Waals surface area contributed by atoms with Crippen LogP contribution in [0.4, 0.5) is 0 Å². The molecule has 1 aliphatic heterocycles. The molecule has 3 rings (SSSR count). The van der Waals surface area contributed by atoms with Crippen molar-refractivity contribution < 1.29 is 0 Å². The van der Waals surface area contributed by atoms with E-state index in [0.717, 1.165) is 12.3 Å². The summed E-state index contributed by atoms with van der Waals surface area (Å²) in [5.41, 5.74) is 4.24. The SMILES string of the molecule is NNC(CC1CCSCC1)c1cncc2ccccc12. The molecule has 1 atom stereocenters. The predicted octanol–water partition coefficient (Wildman–Crippen LogP) is 3.27. The molecule has 0 radical (unpaired) electrons. The van der Waals surface area contributed by atoms with Gasteiger partial charge in [-0.25, -0.2) is 0 Å². The zero-order valence-corrected chi connectivity index (χ0v) is 12.4. The number of nitrogens with two attached hydrogens (primary N) is 1. The molecular formula is C16H21N3S. The fourth-order valence-corrected chi connectivity index (χ4v) is 4.22. The predicted molar refractivity (Wildman–Crippen MR) is 86.5 cm³/mol. The Morgan fingerprint density at radius 3 is 2.85 bits per heavy atom. The lowest BCUT2D eigenvalue weighted by Crippen LogP contribution is -2.30. The van der Waals surface area contributed by atoms with Crippen LogP contribution in [0.1, 0.15) is 30.9 Å². The van der Waals surface area contributed by atoms with Gasteiger partial charge in [0.2, 0.25) is 0 Å². The lowest BCUT2D eigenvalue weighted by molar-refractivity contribution is 0.375. The van der Waals surface area contributed by atoms with Gasteiger partial charge in [0.05, 0.1) is 0 Å². The number of thioether (sulfide) groups is 1. The van der Waals surface area contributed by atoms with Crippen molar-refractivity contribution in [2.75, 3.05) is 11.5 Å². The number of hydrogen-bond acceptors (Lipinski definition) is 4. The van der Waals surface area contributed by atoms with E-state index in [2.05, 4.69) is 46.4 Å². The zero-order chi connectivity index (χ0) is 13.8. The Labute approximate surface area is 124 Å². The van der Waals surface area contributed by atoms with E-state index in [1.165, 1.54) is 40.7 Å². The molecule has 0 amide bonds. The summed E-state index contributed by atoms with van der Waals surface area (Å²) in [4.78, 5) is 4.38. The van der Waals surface area contributed by atoms with Gasteiger partial charge < -0.3 is 0 Å². The molecule has 1 unspecified atom stereocenters. The van der Waals surface area contributed by atoms with Crippen molar-refractivity contribution in [3.8, 4) is 0 Å². The summed E-state index contributed by atoms with van der Waals surface area (Å²) in [7, 11) is 0. The Balaban J connectivity index is 1.86. The third-order valence-corrected chi connectivity index (χ3v) is 5.23. The fraction of sp³-hybridized carbons (Fsp3) is 0.438. The second kappa shape index (κ2) is 6.57. The Hall–Kier alpha value is -1.10. The van der Waals surface area contributed by atoms with Crippen LogP contribution >= 0.6 is 11.8 Å². The van der Waals surface area contributed by atoms with Crippen LogP contribution in [0.25, 0.3) is 10.8 Å². The van der Waals surface area contributed by atoms with Gasteiger partial charge in [-0.3, -0.25) is 16.3 Å². The third-order valence-electron chi connectivity index (χ3n) is 4.19. The van der Waals surface area contributed by atoms with E-state index < -0.39 is 0 Å². The van der Waals surface area contributed by atoms with Crippen LogP contribution in [0.2, 0.25) is 0 Å². The first-order valence-electron chi connectivity index (χ1n) is 7.25. The van der Waals surface area contributed by atoms with Gasteiger partial charge in [-0.05, 0) is 47.6 Å². The first-order valence-corrected chi connectivity index (χ1v) is 8.40. The summed E-state index contributed by atoms with van der Waals surface area (Å²) in [6.45, 7) is 0. The first-order chi connectivity index (χ1) is 9.88. The normalized spacial score (nSPS) is 18.2. The van der Waals surface area contributed by atoms with E-state index in [1.54, 1.807) is 0 Å². The topological polar surface area (TPSA) is 50.9 Å². The average molecular weight is 287 g/mol. The number of nitrogens with one attached hydrogen (secondary N) is 1. The highest BCUT2D eigenvalue weighted by Gasteiger charge is 2.21. The van der Waals surface area contributed by atoms with Gasteiger partial charge in [0, 0.05) is 23.8 Å². The van der Waals surface area contributed by atoms with Crippen LogP contribution in [-0.2, 0) is 0 Å². The molecule has 2 aromatic rings. The van der Waals surface area contributed by atoms with E-state index in [9.17, 15) is 0 Å². The van der Waals surface area contributed by atoms with Crippen molar-refractivity contribution in [3.05, 3.63) is 42.2 Å². The summed E-state index contributed by atoms with van der Waals surface area (Å²) in [6, 6.07) is 8.60. The average Bonchev–Trinajstić information content (AvgIpc) is 2.53. The van der Waals surface area contributed by atoms with E-state index in [4.69, 9.17) is 5.84 Å². The highest BCUT2D eigenvalue weighted by atomic mass is 32.2. The number of aromatic nitrogens is 1. The lowest BCUT2D eigenvalue weighted by Gasteiger charge is -2.26. The van der Waals surface area contributed by atoms with Crippen molar-refractivity contribution in [3.63, 3.8) is 0 Å². The highest BCUT2D eigenvalue weighted by Crippen LogP contribution is 2.32. The molecular weight excluding hydrogens is 266 g/mol. The van der Waals surface area contributed by atoms with E-state index in [-0.39, 0.29) is 6.04 Å². The van der Waals surface area contributed by atoms with Gasteiger partial charge in [0.15, 0.2) is 0 Å². The van der Waals surface area contributed by atoms with Crippen LogP contribution in [0.3, 0.4) is 0 Å². The minimum atomic E-state index is 0.196. The standard InChI is InChI=1S/C16H21N3S/c17-19-16(9-12-5-7-20-8-6-12)15-11-18-10-13-3-1-2-4-14(13)15/h1-4,10-12,16,19H,5-9,17H2. The van der Waals surface area contributed by atoms with Crippen LogP contribution in [-0.4, -0.2) is 16.5 Å². The first kappa shape index (κ1) is 13.9. The molecule has 1 fully saturated rings. The van der Waals surface area contributed by atoms with Crippen molar-refractivity contribution in [2.45, 2.75) is 25.3 Å². The molecule has 3 nitrogen and oxygen atoms in total. The van der Waals surface area contributed by atoms with Crippen molar-refractivity contribution in [2.24, 2.45) is 11.8 Å². The summed E-state index contributed by atoms with van der Waals surface area (Å²) in [5.74, 6) is 9.18. The number of hydrogen-bond donors (Lipinski definition) is 2. The Bertz CT molecular complexity index is 561. The maximum atomic E-state index is 5.83. The van der Waals surface area contributed by atoms with Crippen LogP contribution in [0.15, 0.2) is 36.7 Å². The number of nitrogens with zero attached hydrogens (tertiary/aromatic N) is 1. The summed E-state index contributed by atoms with van der Waals surface area (Å²) < 4.78 is 0. The van der Waals surface area contributed by atoms with Crippen molar-refractivity contribution in [1.82, 2.24) is 10.4 Å². The monoisotopic (exact) mass is 287 g/mol. The largest absolute Gasteiger partial charge is 0.271 e. The molecule has 0 spiro atoms. The quantitative estimate of drug-likeness (QED) is 0.669. The van der Waals surface area contributed by atoms with E-state index in [1.807, 2.05) is 12.4 Å². The molecule has 1 saturated heterocycles. The minimum Gasteiger partial charge on any atom is -0.271 e. The van der Waals surface area contributed by atoms with Crippen LogP contribution in [0, 0.1) is 5.92 Å². The van der Waals surface area contributed by atoms with Gasteiger partial charge >= 0.3 is 0 Å². The molecule has 0 bridgehead atoms. The maximum absolute atomic E-state index is 5.83. The van der Waals surface area contributed by atoms with Gasteiger partial charge in [-0.2, -0.15) is 11.8 Å². The molecule has 106 valence electrons. The molecule has 4 heteroatoms. The number of benzene rings is 1. The zero-order valence-electron chi connectivity index (χ0n) is 11.6. The third kappa shape index (κ3) is 2.97. The summed E-state index contributed by atoms with van der Waals surface area (Å²) in [6.07, 6.45) is 7.60. The lowest BCUT2D eigenvalue weighted by atomic mass is 9.90. The number of pyridine rings is 1. The Morgan fingerprint density at radius 2 is 2.05 bits per heavy atom. The maximum Gasteiger partial charge on any atom is 0.0484 e. The van der Waals surface area contributed by atoms with Gasteiger partial charge in [0.1, 0.15) is 0 Å². The van der Waals surface area contributed by atoms with E-state index >= 15 is 0 Å². The Kier molecular flexibility index (Phi) is 4.55. The summed E-state index contributed by atoms with van der Waals surface area (Å²) >= 11 is 2.07.